The minimum atomic E-state index is -0.616. The highest BCUT2D eigenvalue weighted by Gasteiger charge is 2.12. The van der Waals surface area contributed by atoms with Crippen LogP contribution in [0.15, 0.2) is 42.5 Å². The van der Waals surface area contributed by atoms with E-state index in [1.165, 1.54) is 5.56 Å². The summed E-state index contributed by atoms with van der Waals surface area (Å²) in [6.07, 6.45) is -0.616. The Kier molecular flexibility index (Phi) is 3.51. The molecule has 0 bridgehead atoms. The molecule has 88 valence electrons. The minimum Gasteiger partial charge on any atom is -0.384 e. The molecule has 0 aliphatic carbocycles. The SMILES string of the molecule is Cc1ccc(C(O)c2cccc(Cl)c2)c(C)c1. The van der Waals surface area contributed by atoms with Crippen LogP contribution in [0.1, 0.15) is 28.4 Å². The molecule has 1 nitrogen and oxygen atoms in total. The quantitative estimate of drug-likeness (QED) is 0.848. The van der Waals surface area contributed by atoms with Gasteiger partial charge in [-0.25, -0.2) is 0 Å². The molecule has 0 saturated heterocycles. The normalized spacial score (nSPS) is 12.5. The van der Waals surface area contributed by atoms with E-state index in [0.717, 1.165) is 16.7 Å². The third-order valence-electron chi connectivity index (χ3n) is 2.88. The molecule has 0 saturated carbocycles. The molecule has 0 aromatic heterocycles. The van der Waals surface area contributed by atoms with Crippen molar-refractivity contribution in [3.63, 3.8) is 0 Å². The van der Waals surface area contributed by atoms with Crippen LogP contribution in [0.2, 0.25) is 5.02 Å². The van der Waals surface area contributed by atoms with E-state index in [1.807, 2.05) is 38.1 Å². The number of benzene rings is 2. The van der Waals surface area contributed by atoms with Gasteiger partial charge in [0, 0.05) is 5.02 Å². The van der Waals surface area contributed by atoms with Crippen molar-refractivity contribution in [2.24, 2.45) is 0 Å². The number of halogens is 1. The summed E-state index contributed by atoms with van der Waals surface area (Å²) in [4.78, 5) is 0. The zero-order chi connectivity index (χ0) is 12.4. The maximum absolute atomic E-state index is 10.3. The molecule has 0 heterocycles. The van der Waals surface area contributed by atoms with Crippen LogP contribution in [0.4, 0.5) is 0 Å². The molecule has 0 spiro atoms. The maximum Gasteiger partial charge on any atom is 0.104 e. The topological polar surface area (TPSA) is 20.2 Å². The summed E-state index contributed by atoms with van der Waals surface area (Å²) in [6, 6.07) is 13.4. The van der Waals surface area contributed by atoms with Crippen LogP contribution in [0.3, 0.4) is 0 Å². The molecule has 0 aliphatic heterocycles. The van der Waals surface area contributed by atoms with Gasteiger partial charge >= 0.3 is 0 Å². The second-order valence-electron chi connectivity index (χ2n) is 4.32. The molecule has 1 unspecified atom stereocenters. The van der Waals surface area contributed by atoms with Crippen molar-refractivity contribution in [2.75, 3.05) is 0 Å². The van der Waals surface area contributed by atoms with Crippen LogP contribution in [-0.2, 0) is 0 Å². The molecule has 0 radical (unpaired) electrons. The summed E-state index contributed by atoms with van der Waals surface area (Å²) < 4.78 is 0. The van der Waals surface area contributed by atoms with E-state index in [0.29, 0.717) is 5.02 Å². The van der Waals surface area contributed by atoms with Crippen molar-refractivity contribution >= 4 is 11.6 Å². The summed E-state index contributed by atoms with van der Waals surface area (Å²) in [6.45, 7) is 4.05. The first-order valence-corrected chi connectivity index (χ1v) is 5.96. The Morgan fingerprint density at radius 3 is 2.47 bits per heavy atom. The molecule has 1 N–H and O–H groups in total. The lowest BCUT2D eigenvalue weighted by atomic mass is 9.96. The third kappa shape index (κ3) is 2.68. The van der Waals surface area contributed by atoms with E-state index in [4.69, 9.17) is 11.6 Å². The fraction of sp³-hybridized carbons (Fsp3) is 0.200. The monoisotopic (exact) mass is 246 g/mol. The Labute approximate surface area is 107 Å². The van der Waals surface area contributed by atoms with Gasteiger partial charge in [0.25, 0.3) is 0 Å². The minimum absolute atomic E-state index is 0.616. The predicted molar refractivity (Wildman–Crippen MR) is 71.4 cm³/mol. The lowest BCUT2D eigenvalue weighted by molar-refractivity contribution is 0.219. The van der Waals surface area contributed by atoms with Crippen LogP contribution in [0.5, 0.6) is 0 Å². The summed E-state index contributed by atoms with van der Waals surface area (Å²) in [5.74, 6) is 0. The summed E-state index contributed by atoms with van der Waals surface area (Å²) in [5.41, 5.74) is 4.05. The first-order chi connectivity index (χ1) is 8.08. The van der Waals surface area contributed by atoms with E-state index in [1.54, 1.807) is 12.1 Å². The van der Waals surface area contributed by atoms with Gasteiger partial charge in [-0.3, -0.25) is 0 Å². The molecular weight excluding hydrogens is 232 g/mol. The van der Waals surface area contributed by atoms with Gasteiger partial charge < -0.3 is 5.11 Å². The van der Waals surface area contributed by atoms with Gasteiger partial charge in [-0.15, -0.1) is 0 Å². The Morgan fingerprint density at radius 2 is 1.82 bits per heavy atom. The van der Waals surface area contributed by atoms with Gasteiger partial charge in [-0.2, -0.15) is 0 Å². The number of hydrogen-bond acceptors (Lipinski definition) is 1. The van der Waals surface area contributed by atoms with Crippen LogP contribution >= 0.6 is 11.6 Å². The van der Waals surface area contributed by atoms with Crippen molar-refractivity contribution in [1.82, 2.24) is 0 Å². The molecular formula is C15H15ClO. The Morgan fingerprint density at radius 1 is 1.06 bits per heavy atom. The number of rotatable bonds is 2. The zero-order valence-corrected chi connectivity index (χ0v) is 10.7. The number of aliphatic hydroxyl groups excluding tert-OH is 1. The summed E-state index contributed by atoms with van der Waals surface area (Å²) in [5, 5.41) is 11.0. The first-order valence-electron chi connectivity index (χ1n) is 5.58. The molecule has 1 atom stereocenters. The van der Waals surface area contributed by atoms with Gasteiger partial charge in [-0.05, 0) is 42.7 Å². The second kappa shape index (κ2) is 4.91. The molecule has 0 aliphatic rings. The van der Waals surface area contributed by atoms with Crippen LogP contribution < -0.4 is 0 Å². The average Bonchev–Trinajstić information content (AvgIpc) is 2.28. The van der Waals surface area contributed by atoms with Gasteiger partial charge in [0.2, 0.25) is 0 Å². The Balaban J connectivity index is 2.40. The largest absolute Gasteiger partial charge is 0.384 e. The standard InChI is InChI=1S/C15H15ClO/c1-10-6-7-14(11(2)8-10)15(17)12-4-3-5-13(16)9-12/h3-9,15,17H,1-2H3. The lowest BCUT2D eigenvalue weighted by Crippen LogP contribution is -2.02. The van der Waals surface area contributed by atoms with Crippen LogP contribution in [0.25, 0.3) is 0 Å². The molecule has 2 heteroatoms. The molecule has 2 aromatic rings. The highest BCUT2D eigenvalue weighted by Crippen LogP contribution is 2.26. The van der Waals surface area contributed by atoms with Crippen molar-refractivity contribution in [1.29, 1.82) is 0 Å². The molecule has 0 amide bonds. The summed E-state index contributed by atoms with van der Waals surface area (Å²) >= 11 is 5.93. The Hall–Kier alpha value is -1.31. The van der Waals surface area contributed by atoms with Crippen molar-refractivity contribution in [3.8, 4) is 0 Å². The van der Waals surface area contributed by atoms with E-state index < -0.39 is 6.10 Å². The molecule has 0 fully saturated rings. The average molecular weight is 247 g/mol. The number of hydrogen-bond donors (Lipinski definition) is 1. The molecule has 2 rings (SSSR count). The zero-order valence-electron chi connectivity index (χ0n) is 9.94. The third-order valence-corrected chi connectivity index (χ3v) is 3.12. The van der Waals surface area contributed by atoms with Crippen molar-refractivity contribution in [2.45, 2.75) is 20.0 Å². The highest BCUT2D eigenvalue weighted by atomic mass is 35.5. The van der Waals surface area contributed by atoms with E-state index in [-0.39, 0.29) is 0 Å². The van der Waals surface area contributed by atoms with Gasteiger partial charge in [0.1, 0.15) is 6.10 Å². The maximum atomic E-state index is 10.3. The van der Waals surface area contributed by atoms with Crippen molar-refractivity contribution < 1.29 is 5.11 Å². The lowest BCUT2D eigenvalue weighted by Gasteiger charge is -2.15. The van der Waals surface area contributed by atoms with Crippen LogP contribution in [0, 0.1) is 13.8 Å². The fourth-order valence-electron chi connectivity index (χ4n) is 1.99. The van der Waals surface area contributed by atoms with Crippen LogP contribution in [-0.4, -0.2) is 5.11 Å². The van der Waals surface area contributed by atoms with Gasteiger partial charge in [0.15, 0.2) is 0 Å². The van der Waals surface area contributed by atoms with E-state index in [9.17, 15) is 5.11 Å². The molecule has 2 aromatic carbocycles. The predicted octanol–water partition coefficient (Wildman–Crippen LogP) is 4.04. The van der Waals surface area contributed by atoms with Gasteiger partial charge in [0.05, 0.1) is 0 Å². The summed E-state index contributed by atoms with van der Waals surface area (Å²) in [7, 11) is 0. The van der Waals surface area contributed by atoms with Gasteiger partial charge in [-0.1, -0.05) is 47.5 Å². The van der Waals surface area contributed by atoms with E-state index in [2.05, 4.69) is 6.07 Å². The second-order valence-corrected chi connectivity index (χ2v) is 4.75. The smallest absolute Gasteiger partial charge is 0.104 e. The Bertz CT molecular complexity index is 534. The van der Waals surface area contributed by atoms with E-state index >= 15 is 0 Å². The number of aryl methyl sites for hydroxylation is 2. The van der Waals surface area contributed by atoms with Crippen molar-refractivity contribution in [3.05, 3.63) is 69.7 Å². The first kappa shape index (κ1) is 12.2. The fourth-order valence-corrected chi connectivity index (χ4v) is 2.19. The number of aliphatic hydroxyl groups is 1. The molecule has 17 heavy (non-hydrogen) atoms. The highest BCUT2D eigenvalue weighted by molar-refractivity contribution is 6.30.